The molecule has 30 heavy (non-hydrogen) atoms. The van der Waals surface area contributed by atoms with E-state index in [1.54, 1.807) is 6.07 Å². The molecule has 0 saturated carbocycles. The van der Waals surface area contributed by atoms with Gasteiger partial charge in [0.1, 0.15) is 24.3 Å². The average molecular weight is 400 g/mol. The average Bonchev–Trinajstić information content (AvgIpc) is 3.08. The van der Waals surface area contributed by atoms with Gasteiger partial charge >= 0.3 is 0 Å². The maximum Gasteiger partial charge on any atom is 0.216 e. The van der Waals surface area contributed by atoms with Crippen molar-refractivity contribution < 1.29 is 17.8 Å². The summed E-state index contributed by atoms with van der Waals surface area (Å²) in [6.07, 6.45) is 2.06. The van der Waals surface area contributed by atoms with Crippen LogP contribution in [-0.4, -0.2) is 0 Å². The first-order valence-corrected chi connectivity index (χ1v) is 9.81. The van der Waals surface area contributed by atoms with Crippen LogP contribution in [0.15, 0.2) is 71.3 Å². The minimum Gasteiger partial charge on any atom is -0.455 e. The Morgan fingerprint density at radius 2 is 1.67 bits per heavy atom. The number of pyridine rings is 1. The molecule has 0 aliphatic rings. The van der Waals surface area contributed by atoms with Crippen molar-refractivity contribution in [2.75, 3.05) is 0 Å². The number of rotatable bonds is 2. The summed E-state index contributed by atoms with van der Waals surface area (Å²) in [4.78, 5) is 0. The highest BCUT2D eigenvalue weighted by atomic mass is 19.1. The maximum atomic E-state index is 14.9. The molecule has 0 radical (unpaired) electrons. The topological polar surface area (TPSA) is 17.0 Å². The van der Waals surface area contributed by atoms with Gasteiger partial charge in [0.25, 0.3) is 0 Å². The van der Waals surface area contributed by atoms with Crippen LogP contribution in [0.2, 0.25) is 0 Å². The van der Waals surface area contributed by atoms with Gasteiger partial charge in [-0.3, -0.25) is 0 Å². The van der Waals surface area contributed by atoms with Gasteiger partial charge in [-0.15, -0.1) is 0 Å². The molecule has 0 fully saturated rings. The summed E-state index contributed by atoms with van der Waals surface area (Å²) in [7, 11) is 1.97. The van der Waals surface area contributed by atoms with E-state index in [1.165, 1.54) is 29.3 Å². The highest BCUT2D eigenvalue weighted by molar-refractivity contribution is 6.10. The Hall–Kier alpha value is -3.53. The van der Waals surface area contributed by atoms with Crippen LogP contribution in [-0.2, 0) is 7.05 Å². The molecule has 0 amide bonds. The highest BCUT2D eigenvalue weighted by Gasteiger charge is 2.24. The first-order chi connectivity index (χ1) is 14.4. The molecule has 5 aromatic rings. The molecule has 0 spiro atoms. The summed E-state index contributed by atoms with van der Waals surface area (Å²) in [6, 6.07) is 18.0. The Balaban J connectivity index is 1.77. The number of benzene rings is 3. The van der Waals surface area contributed by atoms with Crippen LogP contribution in [0, 0.1) is 25.5 Å². The molecule has 0 aliphatic carbocycles. The highest BCUT2D eigenvalue weighted by Crippen LogP contribution is 2.39. The van der Waals surface area contributed by atoms with E-state index in [-0.39, 0.29) is 5.82 Å². The van der Waals surface area contributed by atoms with Gasteiger partial charge in [-0.05, 0) is 54.8 Å². The van der Waals surface area contributed by atoms with Crippen molar-refractivity contribution in [3.63, 3.8) is 0 Å². The van der Waals surface area contributed by atoms with Gasteiger partial charge in [0.05, 0.1) is 10.9 Å². The van der Waals surface area contributed by atoms with Crippen LogP contribution < -0.4 is 4.57 Å². The van der Waals surface area contributed by atoms with E-state index >= 15 is 0 Å². The third kappa shape index (κ3) is 2.79. The molecule has 5 rings (SSSR count). The van der Waals surface area contributed by atoms with Crippen LogP contribution in [0.1, 0.15) is 11.1 Å². The van der Waals surface area contributed by atoms with Gasteiger partial charge in [-0.1, -0.05) is 24.3 Å². The SMILES string of the molecule is Cc1ccccc1-c1ccc(-c2c(C)cc(F)c3c2oc2cc(F)ccc23)[n+](C)c1. The standard InChI is InChI=1S/C26H20F2NO/c1-15-6-4-5-7-19(15)17-8-11-22(29(3)14-17)24-16(2)12-21(28)25-20-10-9-18(27)13-23(20)30-26(24)25/h4-14H,1-3H3/q+1. The Bertz CT molecular complexity index is 1450. The van der Waals surface area contributed by atoms with Gasteiger partial charge in [0, 0.05) is 23.1 Å². The Kier molecular flexibility index (Phi) is 4.17. The predicted molar refractivity (Wildman–Crippen MR) is 115 cm³/mol. The van der Waals surface area contributed by atoms with Crippen LogP contribution >= 0.6 is 0 Å². The predicted octanol–water partition coefficient (Wildman–Crippen LogP) is 6.64. The fraction of sp³-hybridized carbons (Fsp3) is 0.115. The summed E-state index contributed by atoms with van der Waals surface area (Å²) in [5, 5.41) is 0.956. The van der Waals surface area contributed by atoms with Crippen molar-refractivity contribution >= 4 is 21.9 Å². The van der Waals surface area contributed by atoms with Crippen molar-refractivity contribution in [2.45, 2.75) is 13.8 Å². The lowest BCUT2D eigenvalue weighted by molar-refractivity contribution is -0.659. The molecule has 0 unspecified atom stereocenters. The first kappa shape index (κ1) is 18.5. The second-order valence-corrected chi connectivity index (χ2v) is 7.73. The molecule has 2 aromatic heterocycles. The zero-order valence-corrected chi connectivity index (χ0v) is 17.0. The van der Waals surface area contributed by atoms with Gasteiger partial charge in [-0.25, -0.2) is 13.3 Å². The van der Waals surface area contributed by atoms with Crippen molar-refractivity contribution in [1.29, 1.82) is 0 Å². The molecule has 2 heterocycles. The second kappa shape index (κ2) is 6.77. The molecule has 4 heteroatoms. The fourth-order valence-electron chi connectivity index (χ4n) is 4.24. The van der Waals surface area contributed by atoms with E-state index in [9.17, 15) is 8.78 Å². The number of nitrogens with zero attached hydrogens (tertiary/aromatic N) is 1. The van der Waals surface area contributed by atoms with Crippen LogP contribution in [0.4, 0.5) is 8.78 Å². The zero-order chi connectivity index (χ0) is 21.0. The molecule has 0 saturated heterocycles. The third-order valence-electron chi connectivity index (χ3n) is 5.70. The van der Waals surface area contributed by atoms with Crippen molar-refractivity contribution in [1.82, 2.24) is 0 Å². The summed E-state index contributed by atoms with van der Waals surface area (Å²) in [5.74, 6) is -0.774. The number of furan rings is 1. The Labute approximate surface area is 173 Å². The molecule has 2 nitrogen and oxygen atoms in total. The van der Waals surface area contributed by atoms with Crippen molar-refractivity contribution in [2.24, 2.45) is 7.05 Å². The van der Waals surface area contributed by atoms with Crippen LogP contribution in [0.3, 0.4) is 0 Å². The Morgan fingerprint density at radius 1 is 0.867 bits per heavy atom. The smallest absolute Gasteiger partial charge is 0.216 e. The molecular formula is C26H20F2NO+. The summed E-state index contributed by atoms with van der Waals surface area (Å²) in [6.45, 7) is 3.95. The van der Waals surface area contributed by atoms with Gasteiger partial charge < -0.3 is 4.42 Å². The van der Waals surface area contributed by atoms with Gasteiger partial charge in [-0.2, -0.15) is 0 Å². The summed E-state index contributed by atoms with van der Waals surface area (Å²) < 4.78 is 36.6. The molecule has 0 atom stereocenters. The zero-order valence-electron chi connectivity index (χ0n) is 17.0. The molecular weight excluding hydrogens is 380 g/mol. The van der Waals surface area contributed by atoms with E-state index < -0.39 is 5.82 Å². The fourth-order valence-corrected chi connectivity index (χ4v) is 4.24. The largest absolute Gasteiger partial charge is 0.455 e. The number of aryl methyl sites for hydroxylation is 3. The van der Waals surface area contributed by atoms with E-state index in [0.29, 0.717) is 21.9 Å². The third-order valence-corrected chi connectivity index (χ3v) is 5.70. The quantitative estimate of drug-likeness (QED) is 0.304. The van der Waals surface area contributed by atoms with Crippen molar-refractivity contribution in [3.8, 4) is 22.4 Å². The number of aromatic nitrogens is 1. The monoisotopic (exact) mass is 400 g/mol. The molecule has 0 aliphatic heterocycles. The van der Waals surface area contributed by atoms with E-state index in [1.807, 2.05) is 36.7 Å². The molecule has 0 N–H and O–H groups in total. The number of hydrogen-bond donors (Lipinski definition) is 0. The molecule has 148 valence electrons. The lowest BCUT2D eigenvalue weighted by Gasteiger charge is -2.09. The molecule has 0 bridgehead atoms. The van der Waals surface area contributed by atoms with Crippen LogP contribution in [0.25, 0.3) is 44.3 Å². The van der Waals surface area contributed by atoms with E-state index in [4.69, 9.17) is 4.42 Å². The minimum atomic E-state index is -0.409. The maximum absolute atomic E-state index is 14.9. The number of halogens is 2. The van der Waals surface area contributed by atoms with E-state index in [2.05, 4.69) is 31.3 Å². The first-order valence-electron chi connectivity index (χ1n) is 9.81. The number of hydrogen-bond acceptors (Lipinski definition) is 1. The van der Waals surface area contributed by atoms with Gasteiger partial charge in [0.2, 0.25) is 5.69 Å². The minimum absolute atomic E-state index is 0.343. The van der Waals surface area contributed by atoms with Gasteiger partial charge in [0.15, 0.2) is 11.8 Å². The normalized spacial score (nSPS) is 11.5. The van der Waals surface area contributed by atoms with Crippen LogP contribution in [0.5, 0.6) is 0 Å². The second-order valence-electron chi connectivity index (χ2n) is 7.73. The Morgan fingerprint density at radius 3 is 2.43 bits per heavy atom. The lowest BCUT2D eigenvalue weighted by atomic mass is 9.98. The molecule has 3 aromatic carbocycles. The lowest BCUT2D eigenvalue weighted by Crippen LogP contribution is -2.31. The summed E-state index contributed by atoms with van der Waals surface area (Å²) >= 11 is 0. The number of fused-ring (bicyclic) bond motifs is 3. The van der Waals surface area contributed by atoms with Crippen molar-refractivity contribution in [3.05, 3.63) is 89.6 Å². The summed E-state index contributed by atoms with van der Waals surface area (Å²) in [5.41, 5.74) is 6.71. The van der Waals surface area contributed by atoms with E-state index in [0.717, 1.165) is 22.4 Å².